The van der Waals surface area contributed by atoms with Crippen molar-refractivity contribution in [3.8, 4) is 17.2 Å². The van der Waals surface area contributed by atoms with Crippen molar-refractivity contribution in [2.75, 3.05) is 31.1 Å². The molecule has 3 amide bonds. The van der Waals surface area contributed by atoms with E-state index in [0.29, 0.717) is 17.2 Å². The van der Waals surface area contributed by atoms with Crippen LogP contribution in [0, 0.1) is 5.41 Å². The van der Waals surface area contributed by atoms with Gasteiger partial charge in [0.2, 0.25) is 6.79 Å². The molecule has 0 unspecified atom stereocenters. The van der Waals surface area contributed by atoms with Crippen molar-refractivity contribution in [1.29, 1.82) is 0 Å². The molecule has 41 heavy (non-hydrogen) atoms. The first-order valence-corrected chi connectivity index (χ1v) is 13.1. The Hall–Kier alpha value is -4.99. The molecule has 2 aliphatic heterocycles. The predicted octanol–water partition coefficient (Wildman–Crippen LogP) is 4.40. The van der Waals surface area contributed by atoms with Gasteiger partial charge < -0.3 is 30.1 Å². The van der Waals surface area contributed by atoms with Crippen molar-refractivity contribution in [2.24, 2.45) is 5.41 Å². The van der Waals surface area contributed by atoms with Crippen molar-refractivity contribution in [3.05, 3.63) is 89.3 Å². The van der Waals surface area contributed by atoms with Crippen LogP contribution in [0.1, 0.15) is 42.7 Å². The average molecular weight is 557 g/mol. The van der Waals surface area contributed by atoms with Gasteiger partial charge in [-0.2, -0.15) is 0 Å². The molecule has 0 fully saturated rings. The number of phenolic OH excluding ortho intramolecular Hbond substituents is 1. The summed E-state index contributed by atoms with van der Waals surface area (Å²) >= 11 is 0. The van der Waals surface area contributed by atoms with Crippen molar-refractivity contribution in [1.82, 2.24) is 10.2 Å². The van der Waals surface area contributed by atoms with Crippen molar-refractivity contribution < 1.29 is 29.0 Å². The van der Waals surface area contributed by atoms with Crippen molar-refractivity contribution in [2.45, 2.75) is 26.8 Å². The normalized spacial score (nSPS) is 15.3. The van der Waals surface area contributed by atoms with Gasteiger partial charge in [0, 0.05) is 14.1 Å². The third-order valence-corrected chi connectivity index (χ3v) is 6.92. The summed E-state index contributed by atoms with van der Waals surface area (Å²) in [5.41, 5.74) is 0.940. The Morgan fingerprint density at radius 2 is 1.61 bits per heavy atom. The molecule has 1 atom stereocenters. The fraction of sp³-hybridized carbons (Fsp3) is 0.258. The van der Waals surface area contributed by atoms with Gasteiger partial charge in [0.1, 0.15) is 11.4 Å². The largest absolute Gasteiger partial charge is 0.505 e. The Morgan fingerprint density at radius 1 is 0.927 bits per heavy atom. The van der Waals surface area contributed by atoms with Gasteiger partial charge >= 0.3 is 0 Å². The smallest absolute Gasteiger partial charge is 0.284 e. The lowest BCUT2D eigenvalue weighted by Crippen LogP contribution is -2.37. The maximum atomic E-state index is 13.9. The van der Waals surface area contributed by atoms with E-state index in [1.54, 1.807) is 50.5 Å². The number of para-hydroxylation sites is 2. The SMILES string of the molecule is CN(C)C(=O)c1cccc(NC2=C(N[C@@H](c3ccc4c(c3)OCO4)C(C)(C)C)C(=O)N(c3ccccc3)C2=O)c1O. The summed E-state index contributed by atoms with van der Waals surface area (Å²) in [4.78, 5) is 42.8. The molecular formula is C31H32N4O6. The molecule has 0 spiro atoms. The third-order valence-electron chi connectivity index (χ3n) is 6.92. The molecule has 3 N–H and O–H groups in total. The molecule has 0 saturated carbocycles. The maximum Gasteiger partial charge on any atom is 0.284 e. The van der Waals surface area contributed by atoms with Crippen LogP contribution in [0.4, 0.5) is 11.4 Å². The van der Waals surface area contributed by atoms with E-state index in [-0.39, 0.29) is 35.2 Å². The number of hydrogen-bond acceptors (Lipinski definition) is 8. The van der Waals surface area contributed by atoms with Crippen LogP contribution in [0.25, 0.3) is 0 Å². The van der Waals surface area contributed by atoms with Crippen LogP contribution in [0.15, 0.2) is 78.1 Å². The Balaban J connectivity index is 1.60. The quantitative estimate of drug-likeness (QED) is 0.289. The molecule has 3 aromatic carbocycles. The van der Waals surface area contributed by atoms with Gasteiger partial charge in [0.25, 0.3) is 17.7 Å². The van der Waals surface area contributed by atoms with Crippen LogP contribution in [0.2, 0.25) is 0 Å². The number of nitrogens with zero attached hydrogens (tertiary/aromatic N) is 2. The molecule has 2 aliphatic rings. The van der Waals surface area contributed by atoms with E-state index in [0.717, 1.165) is 10.5 Å². The minimum atomic E-state index is -0.606. The Kier molecular flexibility index (Phi) is 7.08. The summed E-state index contributed by atoms with van der Waals surface area (Å²) in [6.45, 7) is 6.17. The molecule has 5 rings (SSSR count). The average Bonchev–Trinajstić information content (AvgIpc) is 3.49. The van der Waals surface area contributed by atoms with E-state index in [9.17, 15) is 19.5 Å². The van der Waals surface area contributed by atoms with Gasteiger partial charge in [-0.15, -0.1) is 0 Å². The zero-order valence-corrected chi connectivity index (χ0v) is 23.5. The van der Waals surface area contributed by atoms with Gasteiger partial charge in [-0.3, -0.25) is 14.4 Å². The number of nitrogens with one attached hydrogen (secondary N) is 2. The molecule has 0 aliphatic carbocycles. The number of amides is 3. The zero-order valence-electron chi connectivity index (χ0n) is 23.5. The summed E-state index contributed by atoms with van der Waals surface area (Å²) in [5, 5.41) is 17.3. The second kappa shape index (κ2) is 10.5. The number of ether oxygens (including phenoxy) is 2. The number of hydrogen-bond donors (Lipinski definition) is 3. The Bertz CT molecular complexity index is 1560. The number of anilines is 2. The number of benzene rings is 3. The van der Waals surface area contributed by atoms with Gasteiger partial charge in [-0.1, -0.05) is 51.1 Å². The summed E-state index contributed by atoms with van der Waals surface area (Å²) in [7, 11) is 3.15. The van der Waals surface area contributed by atoms with Crippen LogP contribution >= 0.6 is 0 Å². The lowest BCUT2D eigenvalue weighted by atomic mass is 9.82. The van der Waals surface area contributed by atoms with E-state index in [1.165, 1.54) is 17.0 Å². The third kappa shape index (κ3) is 5.16. The second-order valence-electron chi connectivity index (χ2n) is 11.1. The molecule has 0 radical (unpaired) electrons. The highest BCUT2D eigenvalue weighted by Gasteiger charge is 2.42. The number of imide groups is 1. The topological polar surface area (TPSA) is 120 Å². The molecule has 3 aromatic rings. The first kappa shape index (κ1) is 27.6. The molecule has 2 heterocycles. The van der Waals surface area contributed by atoms with E-state index < -0.39 is 29.2 Å². The molecule has 10 nitrogen and oxygen atoms in total. The highest BCUT2D eigenvalue weighted by Crippen LogP contribution is 2.41. The molecule has 212 valence electrons. The standard InChI is InChI=1S/C31H32N4O6/c1-31(2,3)27(18-14-15-22-23(16-18)41-17-40-22)33-25-24(29(38)35(30(25)39)19-10-7-6-8-11-19)32-21-13-9-12-20(26(21)36)28(37)34(4)5/h6-16,27,32-33,36H,17H2,1-5H3/t27-/m0/s1. The molecule has 0 bridgehead atoms. The van der Waals surface area contributed by atoms with Crippen LogP contribution in [-0.4, -0.2) is 48.6 Å². The van der Waals surface area contributed by atoms with Gasteiger partial charge in [-0.25, -0.2) is 4.90 Å². The summed E-state index contributed by atoms with van der Waals surface area (Å²) in [6.07, 6.45) is 0. The van der Waals surface area contributed by atoms with E-state index >= 15 is 0 Å². The number of carbonyl (C=O) groups excluding carboxylic acids is 3. The van der Waals surface area contributed by atoms with E-state index in [2.05, 4.69) is 10.6 Å². The Morgan fingerprint density at radius 3 is 2.29 bits per heavy atom. The van der Waals surface area contributed by atoms with E-state index in [1.807, 2.05) is 39.0 Å². The van der Waals surface area contributed by atoms with Crippen molar-refractivity contribution >= 4 is 29.1 Å². The Labute approximate surface area is 238 Å². The lowest BCUT2D eigenvalue weighted by Gasteiger charge is -2.33. The predicted molar refractivity (Wildman–Crippen MR) is 154 cm³/mol. The number of rotatable bonds is 7. The van der Waals surface area contributed by atoms with E-state index in [4.69, 9.17) is 9.47 Å². The molecule has 0 aromatic heterocycles. The summed E-state index contributed by atoms with van der Waals surface area (Å²) in [5.74, 6) is -0.677. The van der Waals surface area contributed by atoms with Crippen LogP contribution in [0.5, 0.6) is 17.2 Å². The molecule has 10 heteroatoms. The minimum Gasteiger partial charge on any atom is -0.505 e. The van der Waals surface area contributed by atoms with Gasteiger partial charge in [0.05, 0.1) is 23.0 Å². The second-order valence-corrected chi connectivity index (χ2v) is 11.1. The number of carbonyl (C=O) groups is 3. The molecule has 0 saturated heterocycles. The highest BCUT2D eigenvalue weighted by atomic mass is 16.7. The number of fused-ring (bicyclic) bond motifs is 1. The number of phenols is 1. The first-order valence-electron chi connectivity index (χ1n) is 13.1. The van der Waals surface area contributed by atoms with Crippen molar-refractivity contribution in [3.63, 3.8) is 0 Å². The minimum absolute atomic E-state index is 0.0279. The summed E-state index contributed by atoms with van der Waals surface area (Å²) in [6, 6.07) is 18.3. The first-order chi connectivity index (χ1) is 19.5. The summed E-state index contributed by atoms with van der Waals surface area (Å²) < 4.78 is 11.0. The fourth-order valence-electron chi connectivity index (χ4n) is 4.82. The van der Waals surface area contributed by atoms with Crippen LogP contribution in [0.3, 0.4) is 0 Å². The van der Waals surface area contributed by atoms with Gasteiger partial charge in [-0.05, 0) is 47.4 Å². The number of aromatic hydroxyl groups is 1. The highest BCUT2D eigenvalue weighted by molar-refractivity contribution is 6.33. The van der Waals surface area contributed by atoms with Crippen LogP contribution < -0.4 is 25.0 Å². The fourth-order valence-corrected chi connectivity index (χ4v) is 4.82. The zero-order chi connectivity index (χ0) is 29.5. The van der Waals surface area contributed by atoms with Gasteiger partial charge in [0.15, 0.2) is 17.2 Å². The van der Waals surface area contributed by atoms with Crippen LogP contribution in [-0.2, 0) is 9.59 Å². The maximum absolute atomic E-state index is 13.9. The monoisotopic (exact) mass is 556 g/mol. The molecular weight excluding hydrogens is 524 g/mol. The lowest BCUT2D eigenvalue weighted by molar-refractivity contribution is -0.120.